The van der Waals surface area contributed by atoms with Crippen molar-refractivity contribution in [3.05, 3.63) is 0 Å². The summed E-state index contributed by atoms with van der Waals surface area (Å²) in [5.74, 6) is 5.80. The Kier molecular flexibility index (Phi) is 6.02. The van der Waals surface area contributed by atoms with Crippen LogP contribution in [0.3, 0.4) is 0 Å². The first kappa shape index (κ1) is 10.2. The van der Waals surface area contributed by atoms with Crippen molar-refractivity contribution in [2.45, 2.75) is 12.8 Å². The van der Waals surface area contributed by atoms with E-state index in [1.807, 2.05) is 0 Å². The highest BCUT2D eigenvalue weighted by atomic mass is 35.5. The van der Waals surface area contributed by atoms with Crippen LogP contribution >= 0.6 is 12.4 Å². The van der Waals surface area contributed by atoms with Gasteiger partial charge in [-0.3, -0.25) is 11.3 Å². The maximum absolute atomic E-state index is 5.24. The lowest BCUT2D eigenvalue weighted by Crippen LogP contribution is -2.33. The number of hydrogen-bond acceptors (Lipinski definition) is 3. The van der Waals surface area contributed by atoms with Crippen LogP contribution in [0.5, 0.6) is 0 Å². The zero-order valence-electron chi connectivity index (χ0n) is 6.01. The molecule has 0 spiro atoms. The molecule has 0 aliphatic carbocycles. The summed E-state index contributed by atoms with van der Waals surface area (Å²) < 4.78 is 5.24. The molecular formula is C6H15ClN2O. The Hall–Kier alpha value is 0.170. The van der Waals surface area contributed by atoms with Crippen LogP contribution < -0.4 is 11.3 Å². The third-order valence-corrected chi connectivity index (χ3v) is 1.66. The lowest BCUT2D eigenvalue weighted by atomic mass is 10.0. The second-order valence-electron chi connectivity index (χ2n) is 2.49. The molecule has 0 amide bonds. The van der Waals surface area contributed by atoms with E-state index in [0.717, 1.165) is 19.8 Å². The average Bonchev–Trinajstić information content (AvgIpc) is 1.91. The lowest BCUT2D eigenvalue weighted by Gasteiger charge is -2.20. The molecule has 4 heteroatoms. The summed E-state index contributed by atoms with van der Waals surface area (Å²) >= 11 is 0. The van der Waals surface area contributed by atoms with E-state index in [-0.39, 0.29) is 12.4 Å². The Morgan fingerprint density at radius 3 is 2.90 bits per heavy atom. The highest BCUT2D eigenvalue weighted by molar-refractivity contribution is 5.85. The molecule has 1 fully saturated rings. The second kappa shape index (κ2) is 5.92. The lowest BCUT2D eigenvalue weighted by molar-refractivity contribution is 0.0549. The minimum Gasteiger partial charge on any atom is -0.381 e. The minimum atomic E-state index is 0. The van der Waals surface area contributed by atoms with Gasteiger partial charge in [-0.05, 0) is 18.8 Å². The zero-order chi connectivity index (χ0) is 6.53. The van der Waals surface area contributed by atoms with Crippen molar-refractivity contribution in [3.63, 3.8) is 0 Å². The van der Waals surface area contributed by atoms with Gasteiger partial charge < -0.3 is 4.74 Å². The summed E-state index contributed by atoms with van der Waals surface area (Å²) in [6.07, 6.45) is 2.44. The van der Waals surface area contributed by atoms with E-state index in [4.69, 9.17) is 10.6 Å². The van der Waals surface area contributed by atoms with E-state index in [9.17, 15) is 0 Å². The quantitative estimate of drug-likeness (QED) is 0.458. The molecule has 1 atom stereocenters. The summed E-state index contributed by atoms with van der Waals surface area (Å²) in [6, 6.07) is 0. The molecule has 0 aromatic rings. The van der Waals surface area contributed by atoms with Crippen molar-refractivity contribution in [2.75, 3.05) is 19.8 Å². The molecule has 0 bridgehead atoms. The molecule has 1 saturated heterocycles. The first-order chi connectivity index (χ1) is 4.43. The van der Waals surface area contributed by atoms with Gasteiger partial charge in [0.15, 0.2) is 0 Å². The van der Waals surface area contributed by atoms with Crippen molar-refractivity contribution in [1.29, 1.82) is 0 Å². The average molecular weight is 167 g/mol. The first-order valence-corrected chi connectivity index (χ1v) is 3.44. The van der Waals surface area contributed by atoms with Gasteiger partial charge in [-0.15, -0.1) is 12.4 Å². The number of nitrogens with two attached hydrogens (primary N) is 1. The van der Waals surface area contributed by atoms with Crippen LogP contribution in [0.4, 0.5) is 0 Å². The number of nitrogens with one attached hydrogen (secondary N) is 1. The molecule has 62 valence electrons. The predicted octanol–water partition coefficient (Wildman–Crippen LogP) is 0.298. The number of rotatable bonds is 2. The van der Waals surface area contributed by atoms with E-state index in [1.165, 1.54) is 12.8 Å². The van der Waals surface area contributed by atoms with E-state index >= 15 is 0 Å². The van der Waals surface area contributed by atoms with Gasteiger partial charge in [0.25, 0.3) is 0 Å². The van der Waals surface area contributed by atoms with E-state index in [2.05, 4.69) is 5.43 Å². The maximum atomic E-state index is 5.24. The van der Waals surface area contributed by atoms with Crippen LogP contribution in [-0.4, -0.2) is 19.8 Å². The van der Waals surface area contributed by atoms with E-state index in [0.29, 0.717) is 5.92 Å². The molecule has 3 N–H and O–H groups in total. The molecule has 1 aliphatic heterocycles. The predicted molar refractivity (Wildman–Crippen MR) is 43.0 cm³/mol. The van der Waals surface area contributed by atoms with Gasteiger partial charge in [0, 0.05) is 13.2 Å². The Balaban J connectivity index is 0.000000810. The number of hydrazine groups is 1. The molecule has 0 aromatic carbocycles. The summed E-state index contributed by atoms with van der Waals surface area (Å²) in [5.41, 5.74) is 2.66. The maximum Gasteiger partial charge on any atom is 0.0506 e. The fraction of sp³-hybridized carbons (Fsp3) is 1.00. The third kappa shape index (κ3) is 3.37. The number of ether oxygens (including phenoxy) is 1. The normalized spacial score (nSPS) is 25.5. The molecule has 0 aromatic heterocycles. The van der Waals surface area contributed by atoms with Gasteiger partial charge in [0.2, 0.25) is 0 Å². The minimum absolute atomic E-state index is 0. The molecule has 1 rings (SSSR count). The monoisotopic (exact) mass is 166 g/mol. The van der Waals surface area contributed by atoms with Crippen molar-refractivity contribution in [2.24, 2.45) is 11.8 Å². The molecule has 1 heterocycles. The molecule has 3 nitrogen and oxygen atoms in total. The van der Waals surface area contributed by atoms with Crippen molar-refractivity contribution in [1.82, 2.24) is 5.43 Å². The number of halogens is 1. The fourth-order valence-corrected chi connectivity index (χ4v) is 1.14. The third-order valence-electron chi connectivity index (χ3n) is 1.66. The largest absolute Gasteiger partial charge is 0.381 e. The molecule has 0 radical (unpaired) electrons. The smallest absolute Gasteiger partial charge is 0.0506 e. The van der Waals surface area contributed by atoms with Crippen molar-refractivity contribution >= 4 is 12.4 Å². The van der Waals surface area contributed by atoms with Crippen LogP contribution in [0, 0.1) is 5.92 Å². The summed E-state index contributed by atoms with van der Waals surface area (Å²) in [7, 11) is 0. The molecular weight excluding hydrogens is 152 g/mol. The van der Waals surface area contributed by atoms with Crippen LogP contribution in [0.15, 0.2) is 0 Å². The highest BCUT2D eigenvalue weighted by Crippen LogP contribution is 2.11. The van der Waals surface area contributed by atoms with Crippen LogP contribution in [0.25, 0.3) is 0 Å². The molecule has 1 unspecified atom stereocenters. The van der Waals surface area contributed by atoms with Gasteiger partial charge in [0.05, 0.1) is 6.61 Å². The number of hydrogen-bond donors (Lipinski definition) is 2. The molecule has 10 heavy (non-hydrogen) atoms. The first-order valence-electron chi connectivity index (χ1n) is 3.44. The van der Waals surface area contributed by atoms with Crippen LogP contribution in [-0.2, 0) is 4.74 Å². The van der Waals surface area contributed by atoms with Gasteiger partial charge in [-0.1, -0.05) is 0 Å². The van der Waals surface area contributed by atoms with Crippen molar-refractivity contribution in [3.8, 4) is 0 Å². The SMILES string of the molecule is Cl.NNCC1CCCOC1. The van der Waals surface area contributed by atoms with Gasteiger partial charge in [-0.25, -0.2) is 0 Å². The van der Waals surface area contributed by atoms with Gasteiger partial charge >= 0.3 is 0 Å². The summed E-state index contributed by atoms with van der Waals surface area (Å²) in [5, 5.41) is 0. The van der Waals surface area contributed by atoms with Gasteiger partial charge in [-0.2, -0.15) is 0 Å². The fourth-order valence-electron chi connectivity index (χ4n) is 1.14. The van der Waals surface area contributed by atoms with Crippen LogP contribution in [0.2, 0.25) is 0 Å². The Bertz CT molecular complexity index is 73.4. The molecule has 0 saturated carbocycles. The second-order valence-corrected chi connectivity index (χ2v) is 2.49. The standard InChI is InChI=1S/C6H14N2O.ClH/c7-8-4-6-2-1-3-9-5-6;/h6,8H,1-5,7H2;1H. The van der Waals surface area contributed by atoms with Gasteiger partial charge in [0.1, 0.15) is 0 Å². The summed E-state index contributed by atoms with van der Waals surface area (Å²) in [6.45, 7) is 2.70. The summed E-state index contributed by atoms with van der Waals surface area (Å²) in [4.78, 5) is 0. The molecule has 1 aliphatic rings. The topological polar surface area (TPSA) is 47.3 Å². The Morgan fingerprint density at radius 1 is 1.60 bits per heavy atom. The van der Waals surface area contributed by atoms with Crippen molar-refractivity contribution < 1.29 is 4.74 Å². The zero-order valence-corrected chi connectivity index (χ0v) is 6.82. The Morgan fingerprint density at radius 2 is 2.40 bits per heavy atom. The highest BCUT2D eigenvalue weighted by Gasteiger charge is 2.11. The van der Waals surface area contributed by atoms with E-state index < -0.39 is 0 Å². The van der Waals surface area contributed by atoms with Crippen LogP contribution in [0.1, 0.15) is 12.8 Å². The van der Waals surface area contributed by atoms with E-state index in [1.54, 1.807) is 0 Å². The Labute approximate surface area is 67.7 Å².